The molecule has 1 aliphatic rings. The lowest BCUT2D eigenvalue weighted by atomic mass is 10.1. The molecule has 1 aliphatic heterocycles. The van der Waals surface area contributed by atoms with Crippen LogP contribution >= 0.6 is 0 Å². The molecule has 1 aromatic heterocycles. The number of hydrogen-bond donors (Lipinski definition) is 2. The number of hydrogen-bond acceptors (Lipinski definition) is 6. The van der Waals surface area contributed by atoms with Gasteiger partial charge in [0, 0.05) is 19.5 Å². The normalized spacial score (nSPS) is 14.6. The molecule has 1 fully saturated rings. The number of benzene rings is 1. The Bertz CT molecular complexity index is 1080. The summed E-state index contributed by atoms with van der Waals surface area (Å²) in [5.41, 5.74) is -0.330. The van der Waals surface area contributed by atoms with Crippen LogP contribution in [0.25, 0.3) is 10.9 Å². The minimum Gasteiger partial charge on any atom is -0.465 e. The SMILES string of the molecule is COC(=O)c1ccc2c(=O)n(CCCCCC(=O)NCCCN3CCCCCC3)c(=O)[nH]c2c1. The van der Waals surface area contributed by atoms with E-state index in [1.54, 1.807) is 0 Å². The van der Waals surface area contributed by atoms with Crippen molar-refractivity contribution in [2.24, 2.45) is 0 Å². The maximum Gasteiger partial charge on any atom is 0.337 e. The number of methoxy groups -OCH3 is 1. The minimum absolute atomic E-state index is 0.0537. The fraction of sp³-hybridized carbons (Fsp3) is 0.600. The van der Waals surface area contributed by atoms with Gasteiger partial charge in [0.15, 0.2) is 0 Å². The number of carbonyl (C=O) groups is 2. The van der Waals surface area contributed by atoms with Crippen LogP contribution in [0.15, 0.2) is 27.8 Å². The lowest BCUT2D eigenvalue weighted by molar-refractivity contribution is -0.121. The number of aromatic amines is 1. The topological polar surface area (TPSA) is 114 Å². The summed E-state index contributed by atoms with van der Waals surface area (Å²) < 4.78 is 5.84. The van der Waals surface area contributed by atoms with E-state index in [1.165, 1.54) is 68.6 Å². The number of fused-ring (bicyclic) bond motifs is 1. The van der Waals surface area contributed by atoms with E-state index in [9.17, 15) is 19.2 Å². The number of esters is 1. The van der Waals surface area contributed by atoms with Gasteiger partial charge in [-0.15, -0.1) is 0 Å². The Kier molecular flexibility index (Phi) is 9.88. The van der Waals surface area contributed by atoms with Crippen molar-refractivity contribution in [2.45, 2.75) is 64.3 Å². The van der Waals surface area contributed by atoms with Crippen molar-refractivity contribution < 1.29 is 14.3 Å². The average molecular weight is 473 g/mol. The van der Waals surface area contributed by atoms with Crippen LogP contribution in [0.5, 0.6) is 0 Å². The van der Waals surface area contributed by atoms with Gasteiger partial charge in [-0.05, 0) is 69.9 Å². The summed E-state index contributed by atoms with van der Waals surface area (Å²) in [6, 6.07) is 4.47. The molecule has 2 N–H and O–H groups in total. The number of nitrogens with one attached hydrogen (secondary N) is 2. The first kappa shape index (κ1) is 25.7. The van der Waals surface area contributed by atoms with E-state index < -0.39 is 17.2 Å². The largest absolute Gasteiger partial charge is 0.465 e. The first-order valence-corrected chi connectivity index (χ1v) is 12.3. The number of amides is 1. The smallest absolute Gasteiger partial charge is 0.337 e. The number of likely N-dealkylation sites (tertiary alicyclic amines) is 1. The van der Waals surface area contributed by atoms with Crippen LogP contribution in [0.4, 0.5) is 0 Å². The predicted octanol–water partition coefficient (Wildman–Crippen LogP) is 2.42. The molecule has 0 unspecified atom stereocenters. The Balaban J connectivity index is 1.38. The molecule has 1 aromatic carbocycles. The highest BCUT2D eigenvalue weighted by Crippen LogP contribution is 2.11. The first-order chi connectivity index (χ1) is 16.5. The van der Waals surface area contributed by atoms with E-state index in [-0.39, 0.29) is 18.0 Å². The van der Waals surface area contributed by atoms with Crippen molar-refractivity contribution in [3.8, 4) is 0 Å². The van der Waals surface area contributed by atoms with Gasteiger partial charge in [0.25, 0.3) is 5.56 Å². The molecule has 3 rings (SSSR count). The quantitative estimate of drug-likeness (QED) is 0.384. The Morgan fingerprint density at radius 2 is 1.76 bits per heavy atom. The summed E-state index contributed by atoms with van der Waals surface area (Å²) in [5.74, 6) is -0.480. The molecular formula is C25H36N4O5. The third-order valence-electron chi connectivity index (χ3n) is 6.36. The molecule has 1 saturated heterocycles. The molecule has 2 heterocycles. The van der Waals surface area contributed by atoms with Crippen LogP contribution in [0.1, 0.15) is 68.1 Å². The van der Waals surface area contributed by atoms with Gasteiger partial charge in [-0.25, -0.2) is 9.59 Å². The fourth-order valence-corrected chi connectivity index (χ4v) is 4.41. The lowest BCUT2D eigenvalue weighted by Gasteiger charge is -2.19. The highest BCUT2D eigenvalue weighted by atomic mass is 16.5. The maximum atomic E-state index is 12.7. The lowest BCUT2D eigenvalue weighted by Crippen LogP contribution is -2.35. The second kappa shape index (κ2) is 13.1. The summed E-state index contributed by atoms with van der Waals surface area (Å²) >= 11 is 0. The van der Waals surface area contributed by atoms with Crippen LogP contribution in [0, 0.1) is 0 Å². The van der Waals surface area contributed by atoms with Crippen LogP contribution in [0.3, 0.4) is 0 Å². The number of H-pyrrole nitrogens is 1. The number of aromatic nitrogens is 2. The van der Waals surface area contributed by atoms with Crippen LogP contribution in [0.2, 0.25) is 0 Å². The van der Waals surface area contributed by atoms with Crippen molar-refractivity contribution in [3.63, 3.8) is 0 Å². The third-order valence-corrected chi connectivity index (χ3v) is 6.36. The molecule has 0 atom stereocenters. The van der Waals surface area contributed by atoms with Gasteiger partial charge in [-0.1, -0.05) is 19.3 Å². The Morgan fingerprint density at radius 3 is 2.50 bits per heavy atom. The molecule has 0 bridgehead atoms. The highest BCUT2D eigenvalue weighted by molar-refractivity contribution is 5.93. The summed E-state index contributed by atoms with van der Waals surface area (Å²) in [4.78, 5) is 54.0. The molecule has 0 spiro atoms. The molecular weight excluding hydrogens is 436 g/mol. The van der Waals surface area contributed by atoms with E-state index in [0.29, 0.717) is 36.7 Å². The molecule has 0 saturated carbocycles. The van der Waals surface area contributed by atoms with Gasteiger partial charge in [0.1, 0.15) is 0 Å². The monoisotopic (exact) mass is 472 g/mol. The van der Waals surface area contributed by atoms with E-state index >= 15 is 0 Å². The standard InChI is InChI=1S/C25H36N4O5/c1-34-24(32)19-11-12-20-21(18-19)27-25(33)29(23(20)31)17-8-4-5-10-22(30)26-13-9-16-28-14-6-2-3-7-15-28/h11-12,18H,2-10,13-17H2,1H3,(H,26,30)(H,27,33). The van der Waals surface area contributed by atoms with E-state index in [0.717, 1.165) is 19.4 Å². The number of carbonyl (C=O) groups excluding carboxylic acids is 2. The number of ether oxygens (including phenoxy) is 1. The molecule has 0 radical (unpaired) electrons. The summed E-state index contributed by atoms with van der Waals surface area (Å²) in [6.45, 7) is 4.37. The van der Waals surface area contributed by atoms with Crippen molar-refractivity contribution >= 4 is 22.8 Å². The average Bonchev–Trinajstić information content (AvgIpc) is 3.11. The minimum atomic E-state index is -0.534. The molecule has 0 aliphatic carbocycles. The van der Waals surface area contributed by atoms with Gasteiger partial charge in [0.2, 0.25) is 5.91 Å². The summed E-state index contributed by atoms with van der Waals surface area (Å²) in [6.07, 6.45) is 8.71. The van der Waals surface area contributed by atoms with E-state index in [1.807, 2.05) is 0 Å². The molecule has 34 heavy (non-hydrogen) atoms. The number of nitrogens with zero attached hydrogens (tertiary/aromatic N) is 2. The number of unbranched alkanes of at least 4 members (excludes halogenated alkanes) is 2. The molecule has 9 nitrogen and oxygen atoms in total. The second-order valence-electron chi connectivity index (χ2n) is 8.91. The van der Waals surface area contributed by atoms with Crippen molar-refractivity contribution in [1.82, 2.24) is 19.8 Å². The van der Waals surface area contributed by atoms with Crippen LogP contribution < -0.4 is 16.6 Å². The van der Waals surface area contributed by atoms with E-state index in [4.69, 9.17) is 0 Å². The van der Waals surface area contributed by atoms with Gasteiger partial charge < -0.3 is 19.9 Å². The summed E-state index contributed by atoms with van der Waals surface area (Å²) in [7, 11) is 1.27. The molecule has 9 heteroatoms. The Labute approximate surface area is 199 Å². The zero-order valence-electron chi connectivity index (χ0n) is 20.1. The second-order valence-corrected chi connectivity index (χ2v) is 8.91. The highest BCUT2D eigenvalue weighted by Gasteiger charge is 2.12. The van der Waals surface area contributed by atoms with Gasteiger partial charge >= 0.3 is 11.7 Å². The first-order valence-electron chi connectivity index (χ1n) is 12.3. The summed E-state index contributed by atoms with van der Waals surface area (Å²) in [5, 5.41) is 3.33. The van der Waals surface area contributed by atoms with Gasteiger partial charge in [-0.2, -0.15) is 0 Å². The maximum absolute atomic E-state index is 12.7. The van der Waals surface area contributed by atoms with Gasteiger partial charge in [0.05, 0.1) is 23.6 Å². The molecule has 2 aromatic rings. The molecule has 186 valence electrons. The van der Waals surface area contributed by atoms with Crippen LogP contribution in [-0.2, 0) is 16.1 Å². The van der Waals surface area contributed by atoms with Gasteiger partial charge in [-0.3, -0.25) is 14.2 Å². The Morgan fingerprint density at radius 1 is 1.00 bits per heavy atom. The van der Waals surface area contributed by atoms with Crippen molar-refractivity contribution in [2.75, 3.05) is 33.3 Å². The van der Waals surface area contributed by atoms with E-state index in [2.05, 4.69) is 19.9 Å². The third kappa shape index (κ3) is 7.28. The fourth-order valence-electron chi connectivity index (χ4n) is 4.41. The zero-order valence-corrected chi connectivity index (χ0v) is 20.1. The Hall–Kier alpha value is -2.94. The molecule has 1 amide bonds. The zero-order chi connectivity index (χ0) is 24.3. The number of rotatable bonds is 11. The van der Waals surface area contributed by atoms with Crippen molar-refractivity contribution in [3.05, 3.63) is 44.6 Å². The van der Waals surface area contributed by atoms with Crippen molar-refractivity contribution in [1.29, 1.82) is 0 Å². The van der Waals surface area contributed by atoms with Crippen LogP contribution in [-0.4, -0.2) is 59.6 Å². The predicted molar refractivity (Wildman–Crippen MR) is 131 cm³/mol.